The van der Waals surface area contributed by atoms with Crippen molar-refractivity contribution in [2.24, 2.45) is 0 Å². The van der Waals surface area contributed by atoms with Crippen molar-refractivity contribution in [1.29, 1.82) is 0 Å². The monoisotopic (exact) mass is 369 g/mol. The number of carbonyl (C=O) groups excluding carboxylic acids is 2. The molecule has 1 atom stereocenters. The van der Waals surface area contributed by atoms with E-state index in [4.69, 9.17) is 0 Å². The predicted octanol–water partition coefficient (Wildman–Crippen LogP) is 2.55. The molecular weight excluding hydrogens is 342 g/mol. The van der Waals surface area contributed by atoms with Gasteiger partial charge in [-0.15, -0.1) is 0 Å². The van der Waals surface area contributed by atoms with Gasteiger partial charge in [0.05, 0.1) is 11.6 Å². The summed E-state index contributed by atoms with van der Waals surface area (Å²) in [6, 6.07) is 10.8. The number of amides is 2. The number of aromatic nitrogens is 1. The number of nitrogens with zero attached hydrogens (tertiary/aromatic N) is 2. The van der Waals surface area contributed by atoms with Crippen LogP contribution in [0.15, 0.2) is 47.4 Å². The number of hydrogen-bond acceptors (Lipinski definition) is 3. The van der Waals surface area contributed by atoms with Crippen LogP contribution in [0.5, 0.6) is 0 Å². The molecule has 1 N–H and O–H groups in total. The number of nitrogens with one attached hydrogen (secondary N) is 1. The Kier molecular flexibility index (Phi) is 6.55. The summed E-state index contributed by atoms with van der Waals surface area (Å²) in [7, 11) is 3.24. The van der Waals surface area contributed by atoms with Crippen LogP contribution in [0.3, 0.4) is 0 Å². The molecule has 0 radical (unpaired) electrons. The number of benzene rings is 1. The molecule has 0 aliphatic heterocycles. The van der Waals surface area contributed by atoms with Crippen LogP contribution in [0.2, 0.25) is 0 Å². The van der Waals surface area contributed by atoms with Gasteiger partial charge in [0, 0.05) is 26.4 Å². The molecule has 0 fully saturated rings. The van der Waals surface area contributed by atoms with Gasteiger partial charge in [0.2, 0.25) is 5.91 Å². The molecule has 6 nitrogen and oxygen atoms in total. The summed E-state index contributed by atoms with van der Waals surface area (Å²) in [6.45, 7) is 6.08. The zero-order chi connectivity index (χ0) is 20.1. The molecule has 1 heterocycles. The Morgan fingerprint density at radius 1 is 1.00 bits per heavy atom. The minimum absolute atomic E-state index is 0.0980. The molecule has 1 aromatic heterocycles. The van der Waals surface area contributed by atoms with Crippen LogP contribution in [0.25, 0.3) is 0 Å². The van der Waals surface area contributed by atoms with Gasteiger partial charge in [0.25, 0.3) is 11.5 Å². The lowest BCUT2D eigenvalue weighted by molar-refractivity contribution is -0.129. The van der Waals surface area contributed by atoms with Crippen molar-refractivity contribution in [3.8, 4) is 0 Å². The molecule has 0 bridgehead atoms. The van der Waals surface area contributed by atoms with Crippen LogP contribution < -0.4 is 10.9 Å². The van der Waals surface area contributed by atoms with Crippen molar-refractivity contribution >= 4 is 11.8 Å². The lowest BCUT2D eigenvalue weighted by atomic mass is 9.99. The maximum absolute atomic E-state index is 12.6. The highest BCUT2D eigenvalue weighted by Crippen LogP contribution is 2.18. The number of likely N-dealkylation sites (N-methyl/N-ethyl adjacent to an activating group) is 1. The normalized spacial score (nSPS) is 11.9. The predicted molar refractivity (Wildman–Crippen MR) is 106 cm³/mol. The minimum atomic E-state index is -0.320. The Morgan fingerprint density at radius 3 is 2.15 bits per heavy atom. The first-order chi connectivity index (χ1) is 12.7. The molecule has 2 aromatic rings. The van der Waals surface area contributed by atoms with E-state index in [0.29, 0.717) is 11.5 Å². The third-order valence-corrected chi connectivity index (χ3v) is 4.50. The SMILES string of the molecule is CC(C)c1ccc([C@@H](C)NC(=O)c2ccc(=O)n(CC(=O)N(C)C)c2)cc1. The molecule has 144 valence electrons. The fourth-order valence-electron chi connectivity index (χ4n) is 2.61. The van der Waals surface area contributed by atoms with Gasteiger partial charge in [-0.3, -0.25) is 14.4 Å². The summed E-state index contributed by atoms with van der Waals surface area (Å²) in [5.74, 6) is -0.0513. The van der Waals surface area contributed by atoms with E-state index in [0.717, 1.165) is 5.56 Å². The first kappa shape index (κ1) is 20.4. The van der Waals surface area contributed by atoms with Gasteiger partial charge in [-0.25, -0.2) is 0 Å². The molecule has 1 aromatic carbocycles. The van der Waals surface area contributed by atoms with E-state index >= 15 is 0 Å². The lowest BCUT2D eigenvalue weighted by Gasteiger charge is -2.16. The third-order valence-electron chi connectivity index (χ3n) is 4.50. The fourth-order valence-corrected chi connectivity index (χ4v) is 2.61. The Balaban J connectivity index is 2.13. The highest BCUT2D eigenvalue weighted by Gasteiger charge is 2.14. The number of pyridine rings is 1. The summed E-state index contributed by atoms with van der Waals surface area (Å²) in [4.78, 5) is 37.8. The van der Waals surface area contributed by atoms with Gasteiger partial charge in [0.1, 0.15) is 6.54 Å². The number of rotatable bonds is 6. The van der Waals surface area contributed by atoms with Crippen molar-refractivity contribution in [3.05, 3.63) is 69.6 Å². The Hall–Kier alpha value is -2.89. The summed E-state index contributed by atoms with van der Waals surface area (Å²) < 4.78 is 1.25. The fraction of sp³-hybridized carbons (Fsp3) is 0.381. The van der Waals surface area contributed by atoms with Gasteiger partial charge in [-0.1, -0.05) is 38.1 Å². The summed E-state index contributed by atoms with van der Waals surface area (Å²) in [5, 5.41) is 2.93. The summed E-state index contributed by atoms with van der Waals surface area (Å²) in [6.07, 6.45) is 1.42. The summed E-state index contributed by atoms with van der Waals surface area (Å²) in [5.41, 5.74) is 2.27. The highest BCUT2D eigenvalue weighted by atomic mass is 16.2. The molecule has 2 amide bonds. The largest absolute Gasteiger partial charge is 0.347 e. The van der Waals surface area contributed by atoms with E-state index in [2.05, 4.69) is 31.3 Å². The van der Waals surface area contributed by atoms with Crippen LogP contribution in [0.1, 0.15) is 54.2 Å². The standard InChI is InChI=1S/C21H27N3O3/c1-14(2)16-6-8-17(9-7-16)15(3)22-21(27)18-10-11-19(25)24(12-18)13-20(26)23(4)5/h6-12,14-15H,13H2,1-5H3,(H,22,27)/t15-/m1/s1. The third kappa shape index (κ3) is 5.29. The molecule has 2 rings (SSSR count). The van der Waals surface area contributed by atoms with Gasteiger partial charge in [-0.2, -0.15) is 0 Å². The van der Waals surface area contributed by atoms with Crippen LogP contribution in [0.4, 0.5) is 0 Å². The van der Waals surface area contributed by atoms with Crippen molar-refractivity contribution in [2.45, 2.75) is 39.3 Å². The van der Waals surface area contributed by atoms with E-state index in [9.17, 15) is 14.4 Å². The second-order valence-corrected chi connectivity index (χ2v) is 7.19. The van der Waals surface area contributed by atoms with Gasteiger partial charge in [0.15, 0.2) is 0 Å². The topological polar surface area (TPSA) is 71.4 Å². The smallest absolute Gasteiger partial charge is 0.253 e. The van der Waals surface area contributed by atoms with Crippen LogP contribution in [-0.4, -0.2) is 35.4 Å². The van der Waals surface area contributed by atoms with E-state index in [1.807, 2.05) is 19.1 Å². The Morgan fingerprint density at radius 2 is 1.59 bits per heavy atom. The van der Waals surface area contributed by atoms with Crippen molar-refractivity contribution < 1.29 is 9.59 Å². The number of carbonyl (C=O) groups is 2. The first-order valence-corrected chi connectivity index (χ1v) is 9.00. The van der Waals surface area contributed by atoms with Gasteiger partial charge >= 0.3 is 0 Å². The van der Waals surface area contributed by atoms with Crippen molar-refractivity contribution in [1.82, 2.24) is 14.8 Å². The molecule has 27 heavy (non-hydrogen) atoms. The first-order valence-electron chi connectivity index (χ1n) is 9.00. The zero-order valence-corrected chi connectivity index (χ0v) is 16.5. The molecule has 6 heteroatoms. The maximum Gasteiger partial charge on any atom is 0.253 e. The molecular formula is C21H27N3O3. The van der Waals surface area contributed by atoms with Crippen LogP contribution in [0, 0.1) is 0 Å². The second-order valence-electron chi connectivity index (χ2n) is 7.19. The summed E-state index contributed by atoms with van der Waals surface area (Å²) >= 11 is 0. The van der Waals surface area contributed by atoms with Crippen LogP contribution >= 0.6 is 0 Å². The molecule has 0 aliphatic rings. The van der Waals surface area contributed by atoms with E-state index in [1.54, 1.807) is 14.1 Å². The lowest BCUT2D eigenvalue weighted by Crippen LogP contribution is -2.33. The van der Waals surface area contributed by atoms with Gasteiger partial charge < -0.3 is 14.8 Å². The van der Waals surface area contributed by atoms with E-state index in [1.165, 1.54) is 33.4 Å². The maximum atomic E-state index is 12.6. The Labute approximate surface area is 159 Å². The van der Waals surface area contributed by atoms with Gasteiger partial charge in [-0.05, 0) is 30.0 Å². The van der Waals surface area contributed by atoms with Crippen molar-refractivity contribution in [3.63, 3.8) is 0 Å². The minimum Gasteiger partial charge on any atom is -0.347 e. The highest BCUT2D eigenvalue weighted by molar-refractivity contribution is 5.94. The van der Waals surface area contributed by atoms with Crippen molar-refractivity contribution in [2.75, 3.05) is 14.1 Å². The molecule has 0 saturated heterocycles. The molecule has 0 aliphatic carbocycles. The molecule has 0 spiro atoms. The molecule has 0 saturated carbocycles. The zero-order valence-electron chi connectivity index (χ0n) is 16.5. The Bertz CT molecular complexity index is 867. The molecule has 0 unspecified atom stereocenters. The van der Waals surface area contributed by atoms with E-state index in [-0.39, 0.29) is 30.0 Å². The number of hydrogen-bond donors (Lipinski definition) is 1. The average Bonchev–Trinajstić information content (AvgIpc) is 2.63. The van der Waals surface area contributed by atoms with E-state index < -0.39 is 0 Å². The second kappa shape index (κ2) is 8.66. The van der Waals surface area contributed by atoms with Crippen LogP contribution in [-0.2, 0) is 11.3 Å². The quantitative estimate of drug-likeness (QED) is 0.851. The average molecular weight is 369 g/mol.